The van der Waals surface area contributed by atoms with Crippen LogP contribution in [0.1, 0.15) is 38.7 Å². The average Bonchev–Trinajstić information content (AvgIpc) is 3.16. The monoisotopic (exact) mass is 418 g/mol. The van der Waals surface area contributed by atoms with Gasteiger partial charge in [-0.3, -0.25) is 0 Å². The zero-order valence-corrected chi connectivity index (χ0v) is 17.8. The summed E-state index contributed by atoms with van der Waals surface area (Å²) < 4.78 is 7.55. The zero-order valence-electron chi connectivity index (χ0n) is 17.8. The summed E-state index contributed by atoms with van der Waals surface area (Å²) in [5, 5.41) is 25.6. The molecule has 3 aromatic rings. The van der Waals surface area contributed by atoms with Gasteiger partial charge in [0.1, 0.15) is 18.2 Å². The predicted molar refractivity (Wildman–Crippen MR) is 116 cm³/mol. The fourth-order valence-corrected chi connectivity index (χ4v) is 4.40. The number of rotatable bonds is 4. The fraction of sp³-hybridized carbons (Fsp3) is 0.478. The van der Waals surface area contributed by atoms with Crippen LogP contribution in [0.15, 0.2) is 36.8 Å². The molecular weight excluding hydrogens is 392 g/mol. The third-order valence-electron chi connectivity index (χ3n) is 6.58. The molecule has 0 unspecified atom stereocenters. The number of morpholine rings is 1. The molecule has 2 aromatic heterocycles. The number of hydrogen-bond acceptors (Lipinski definition) is 7. The molecule has 0 amide bonds. The van der Waals surface area contributed by atoms with E-state index >= 15 is 0 Å². The van der Waals surface area contributed by atoms with Gasteiger partial charge in [-0.1, -0.05) is 12.1 Å². The van der Waals surface area contributed by atoms with Crippen LogP contribution in [-0.4, -0.2) is 56.3 Å². The number of hydrogen-bond donors (Lipinski definition) is 1. The van der Waals surface area contributed by atoms with Gasteiger partial charge in [0.05, 0.1) is 35.4 Å². The van der Waals surface area contributed by atoms with Crippen LogP contribution in [0.3, 0.4) is 0 Å². The van der Waals surface area contributed by atoms with E-state index < -0.39 is 5.60 Å². The number of nitriles is 1. The van der Waals surface area contributed by atoms with Crippen LogP contribution in [0.25, 0.3) is 16.7 Å². The molecule has 8 heteroatoms. The van der Waals surface area contributed by atoms with E-state index in [0.717, 1.165) is 41.5 Å². The van der Waals surface area contributed by atoms with Gasteiger partial charge in [0.25, 0.3) is 0 Å². The summed E-state index contributed by atoms with van der Waals surface area (Å²) in [6, 6.07) is 10.6. The molecule has 8 nitrogen and oxygen atoms in total. The van der Waals surface area contributed by atoms with E-state index in [1.165, 1.54) is 0 Å². The summed E-state index contributed by atoms with van der Waals surface area (Å²) >= 11 is 0. The molecule has 5 rings (SSSR count). The Kier molecular flexibility index (Phi) is 4.68. The molecule has 1 aliphatic heterocycles. The number of nitrogens with zero attached hydrogens (tertiary/aromatic N) is 6. The Labute approximate surface area is 181 Å². The predicted octanol–water partition coefficient (Wildman–Crippen LogP) is 2.74. The third kappa shape index (κ3) is 3.44. The number of ether oxygens (including phenoxy) is 1. The topological polar surface area (TPSA) is 100 Å². The molecule has 1 atom stereocenters. The van der Waals surface area contributed by atoms with Gasteiger partial charge in [-0.15, -0.1) is 0 Å². The average molecular weight is 419 g/mol. The van der Waals surface area contributed by atoms with Crippen LogP contribution in [0, 0.1) is 11.3 Å². The minimum absolute atomic E-state index is 0.294. The minimum atomic E-state index is -0.929. The van der Waals surface area contributed by atoms with E-state index in [9.17, 15) is 10.4 Å². The van der Waals surface area contributed by atoms with Crippen molar-refractivity contribution in [3.8, 4) is 11.9 Å². The third-order valence-corrected chi connectivity index (χ3v) is 6.58. The highest BCUT2D eigenvalue weighted by atomic mass is 16.5. The molecule has 1 saturated heterocycles. The Morgan fingerprint density at radius 2 is 2.03 bits per heavy atom. The first kappa shape index (κ1) is 19.9. The van der Waals surface area contributed by atoms with Crippen molar-refractivity contribution in [2.45, 2.75) is 50.2 Å². The van der Waals surface area contributed by atoms with Crippen molar-refractivity contribution in [3.05, 3.63) is 42.4 Å². The van der Waals surface area contributed by atoms with Gasteiger partial charge in [-0.25, -0.2) is 14.6 Å². The number of anilines is 1. The first-order valence-electron chi connectivity index (χ1n) is 10.7. The second-order valence-electron chi connectivity index (χ2n) is 9.07. The Morgan fingerprint density at radius 1 is 1.23 bits per heavy atom. The molecule has 1 saturated carbocycles. The van der Waals surface area contributed by atoms with Gasteiger partial charge in [-0.2, -0.15) is 10.4 Å². The van der Waals surface area contributed by atoms with Gasteiger partial charge < -0.3 is 14.7 Å². The highest BCUT2D eigenvalue weighted by Gasteiger charge is 2.39. The molecule has 2 aliphatic rings. The highest BCUT2D eigenvalue weighted by molar-refractivity contribution is 5.81. The van der Waals surface area contributed by atoms with Crippen LogP contribution in [-0.2, 0) is 10.2 Å². The minimum Gasteiger partial charge on any atom is -0.388 e. The first-order chi connectivity index (χ1) is 14.9. The van der Waals surface area contributed by atoms with E-state index in [2.05, 4.69) is 32.1 Å². The van der Waals surface area contributed by atoms with Gasteiger partial charge >= 0.3 is 0 Å². The lowest BCUT2D eigenvalue weighted by Crippen LogP contribution is -2.52. The lowest BCUT2D eigenvalue weighted by molar-refractivity contribution is -0.0929. The van der Waals surface area contributed by atoms with E-state index in [1.54, 1.807) is 20.2 Å². The number of benzene rings is 1. The standard InChI is InChI=1S/C23H26N6O2/c1-22(2,30)19-13-28(8-9-31-19)20-11-21(26-15-25-20)29-18-10-17(5-4-16(18)12-27-29)23(14-24)6-3-7-23/h4-5,10-12,15,19,30H,3,6-9,13H2,1-2H3/t19-/m1/s1. The lowest BCUT2D eigenvalue weighted by Gasteiger charge is -2.39. The van der Waals surface area contributed by atoms with Gasteiger partial charge in [-0.05, 0) is 44.7 Å². The normalized spacial score (nSPS) is 21.0. The molecular formula is C23H26N6O2. The maximum atomic E-state index is 10.3. The van der Waals surface area contributed by atoms with E-state index in [1.807, 2.05) is 29.1 Å². The van der Waals surface area contributed by atoms with Gasteiger partial charge in [0, 0.05) is 24.5 Å². The largest absolute Gasteiger partial charge is 0.388 e. The van der Waals surface area contributed by atoms with Gasteiger partial charge in [0.15, 0.2) is 5.82 Å². The van der Waals surface area contributed by atoms with Crippen molar-refractivity contribution in [2.24, 2.45) is 0 Å². The maximum absolute atomic E-state index is 10.3. The molecule has 160 valence electrons. The first-order valence-corrected chi connectivity index (χ1v) is 10.7. The quantitative estimate of drug-likeness (QED) is 0.695. The van der Waals surface area contributed by atoms with Crippen molar-refractivity contribution in [1.82, 2.24) is 19.7 Å². The summed E-state index contributed by atoms with van der Waals surface area (Å²) in [7, 11) is 0. The molecule has 0 radical (unpaired) electrons. The van der Waals surface area contributed by atoms with Crippen LogP contribution in [0.4, 0.5) is 5.82 Å². The summed E-state index contributed by atoms with van der Waals surface area (Å²) in [6.45, 7) is 5.29. The van der Waals surface area contributed by atoms with E-state index in [-0.39, 0.29) is 11.5 Å². The zero-order chi connectivity index (χ0) is 21.6. The smallest absolute Gasteiger partial charge is 0.159 e. The molecule has 0 spiro atoms. The van der Waals surface area contributed by atoms with Crippen LogP contribution in [0.2, 0.25) is 0 Å². The lowest BCUT2D eigenvalue weighted by atomic mass is 9.65. The van der Waals surface area contributed by atoms with Crippen molar-refractivity contribution in [2.75, 3.05) is 24.6 Å². The molecule has 2 fully saturated rings. The number of aliphatic hydroxyl groups is 1. The Hall–Kier alpha value is -3.02. The second-order valence-corrected chi connectivity index (χ2v) is 9.07. The maximum Gasteiger partial charge on any atom is 0.159 e. The van der Waals surface area contributed by atoms with Crippen molar-refractivity contribution in [1.29, 1.82) is 5.26 Å². The summed E-state index contributed by atoms with van der Waals surface area (Å²) in [5.41, 5.74) is 0.674. The van der Waals surface area contributed by atoms with E-state index in [4.69, 9.17) is 4.74 Å². The van der Waals surface area contributed by atoms with Crippen molar-refractivity contribution >= 4 is 16.7 Å². The van der Waals surface area contributed by atoms with Crippen LogP contribution >= 0.6 is 0 Å². The molecule has 1 N–H and O–H groups in total. The van der Waals surface area contributed by atoms with Crippen molar-refractivity contribution < 1.29 is 9.84 Å². The molecule has 31 heavy (non-hydrogen) atoms. The van der Waals surface area contributed by atoms with E-state index in [0.29, 0.717) is 25.5 Å². The molecule has 1 aromatic carbocycles. The molecule has 1 aliphatic carbocycles. The Bertz CT molecular complexity index is 1150. The van der Waals surface area contributed by atoms with Crippen LogP contribution in [0.5, 0.6) is 0 Å². The summed E-state index contributed by atoms with van der Waals surface area (Å²) in [5.74, 6) is 1.44. The van der Waals surface area contributed by atoms with Crippen molar-refractivity contribution in [3.63, 3.8) is 0 Å². The second kappa shape index (κ2) is 7.29. The number of aromatic nitrogens is 4. The number of fused-ring (bicyclic) bond motifs is 1. The summed E-state index contributed by atoms with van der Waals surface area (Å²) in [4.78, 5) is 11.0. The van der Waals surface area contributed by atoms with Gasteiger partial charge in [0.2, 0.25) is 0 Å². The SMILES string of the molecule is CC(C)(O)[C@H]1CN(c2cc(-n3ncc4ccc(C5(C#N)CCC5)cc43)ncn2)CCO1. The fourth-order valence-electron chi connectivity index (χ4n) is 4.40. The Balaban J connectivity index is 1.49. The molecule has 0 bridgehead atoms. The Morgan fingerprint density at radius 3 is 2.74 bits per heavy atom. The van der Waals surface area contributed by atoms with Crippen LogP contribution < -0.4 is 4.90 Å². The molecule has 3 heterocycles. The summed E-state index contributed by atoms with van der Waals surface area (Å²) in [6.07, 6.45) is 5.96. The highest BCUT2D eigenvalue weighted by Crippen LogP contribution is 2.43.